The number of fused-ring (bicyclic) bond motifs is 5. The van der Waals surface area contributed by atoms with E-state index >= 15 is 0 Å². The molecule has 0 saturated heterocycles. The van der Waals surface area contributed by atoms with Gasteiger partial charge in [0.05, 0.1) is 11.7 Å². The molecule has 0 amide bonds. The second-order valence-electron chi connectivity index (χ2n) is 15.1. The summed E-state index contributed by atoms with van der Waals surface area (Å²) in [6.07, 6.45) is 10.6. The van der Waals surface area contributed by atoms with E-state index in [-0.39, 0.29) is 51.7 Å². The zero-order valence-electron chi connectivity index (χ0n) is 24.6. The van der Waals surface area contributed by atoms with Gasteiger partial charge in [-0.05, 0) is 118 Å². The third-order valence-corrected chi connectivity index (χ3v) is 12.7. The summed E-state index contributed by atoms with van der Waals surface area (Å²) in [4.78, 5) is 12.4. The largest absolute Gasteiger partial charge is 0.462 e. The van der Waals surface area contributed by atoms with Crippen LogP contribution in [-0.4, -0.2) is 34.0 Å². The molecule has 4 heteroatoms. The smallest absolute Gasteiger partial charge is 0.302 e. The Morgan fingerprint density at radius 2 is 1.61 bits per heavy atom. The molecule has 0 heterocycles. The predicted molar refractivity (Wildman–Crippen MR) is 145 cm³/mol. The SMILES string of the molecule is CC(=O)O[C@@H]1C[C@@H]2[C@@]3(C)CC[C@@H](O)C(C)(C)[C@@H]3CC[C@@]2(C)[C@]2(C)CC[C@H]([C@@](C)(O)CCC=C(C)C)[C@@H]12. The predicted octanol–water partition coefficient (Wildman–Crippen LogP) is 7.07. The number of allylic oxidation sites excluding steroid dienone is 2. The summed E-state index contributed by atoms with van der Waals surface area (Å²) < 4.78 is 6.22. The molecule has 4 rings (SSSR count). The summed E-state index contributed by atoms with van der Waals surface area (Å²) in [5.41, 5.74) is 0.659. The maximum atomic E-state index is 12.4. The summed E-state index contributed by atoms with van der Waals surface area (Å²) in [5, 5.41) is 22.8. The number of carbonyl (C=O) groups is 1. The highest BCUT2D eigenvalue weighted by molar-refractivity contribution is 5.66. The molecule has 0 aromatic rings. The summed E-state index contributed by atoms with van der Waals surface area (Å²) in [6, 6.07) is 0. The van der Waals surface area contributed by atoms with Crippen LogP contribution in [0, 0.1) is 45.3 Å². The number of aliphatic hydroxyl groups excluding tert-OH is 1. The van der Waals surface area contributed by atoms with Crippen molar-refractivity contribution in [2.75, 3.05) is 0 Å². The highest BCUT2D eigenvalue weighted by atomic mass is 16.5. The molecule has 0 aromatic carbocycles. The van der Waals surface area contributed by atoms with Crippen molar-refractivity contribution in [3.8, 4) is 0 Å². The minimum absolute atomic E-state index is 0.00931. The van der Waals surface area contributed by atoms with E-state index in [9.17, 15) is 15.0 Å². The van der Waals surface area contributed by atoms with E-state index in [1.54, 1.807) is 6.92 Å². The van der Waals surface area contributed by atoms with Crippen molar-refractivity contribution < 1.29 is 19.7 Å². The maximum Gasteiger partial charge on any atom is 0.302 e. The van der Waals surface area contributed by atoms with Crippen LogP contribution in [0.1, 0.15) is 120 Å². The molecule has 4 nitrogen and oxygen atoms in total. The first-order chi connectivity index (χ1) is 16.5. The lowest BCUT2D eigenvalue weighted by Crippen LogP contribution is -2.67. The molecule has 0 spiro atoms. The Bertz CT molecular complexity index is 885. The first-order valence-electron chi connectivity index (χ1n) is 14.7. The zero-order valence-corrected chi connectivity index (χ0v) is 24.6. The number of hydrogen-bond donors (Lipinski definition) is 2. The quantitative estimate of drug-likeness (QED) is 0.312. The van der Waals surface area contributed by atoms with Crippen LogP contribution in [0.4, 0.5) is 0 Å². The lowest BCUT2D eigenvalue weighted by Gasteiger charge is -2.70. The molecule has 0 bridgehead atoms. The van der Waals surface area contributed by atoms with Crippen LogP contribution >= 0.6 is 0 Å². The van der Waals surface area contributed by atoms with Crippen molar-refractivity contribution in [1.29, 1.82) is 0 Å². The van der Waals surface area contributed by atoms with Crippen LogP contribution < -0.4 is 0 Å². The fourth-order valence-electron chi connectivity index (χ4n) is 10.6. The van der Waals surface area contributed by atoms with Crippen LogP contribution in [0.5, 0.6) is 0 Å². The highest BCUT2D eigenvalue weighted by Gasteiger charge is 2.71. The van der Waals surface area contributed by atoms with E-state index in [0.29, 0.717) is 11.8 Å². The van der Waals surface area contributed by atoms with E-state index in [4.69, 9.17) is 4.74 Å². The molecule has 0 radical (unpaired) electrons. The van der Waals surface area contributed by atoms with Crippen LogP contribution in [0.3, 0.4) is 0 Å². The summed E-state index contributed by atoms with van der Waals surface area (Å²) in [6.45, 7) is 19.9. The number of hydrogen-bond acceptors (Lipinski definition) is 4. The summed E-state index contributed by atoms with van der Waals surface area (Å²) in [7, 11) is 0. The maximum absolute atomic E-state index is 12.4. The average Bonchev–Trinajstić information content (AvgIpc) is 3.12. The van der Waals surface area contributed by atoms with Crippen molar-refractivity contribution >= 4 is 5.97 Å². The number of aliphatic hydroxyl groups is 2. The first kappa shape index (κ1) is 28.1. The van der Waals surface area contributed by atoms with Crippen molar-refractivity contribution in [3.63, 3.8) is 0 Å². The van der Waals surface area contributed by atoms with Gasteiger partial charge in [-0.2, -0.15) is 0 Å². The molecule has 206 valence electrons. The monoisotopic (exact) mass is 502 g/mol. The number of ether oxygens (including phenoxy) is 1. The third-order valence-electron chi connectivity index (χ3n) is 12.7. The Hall–Kier alpha value is -0.870. The Morgan fingerprint density at radius 3 is 2.22 bits per heavy atom. The van der Waals surface area contributed by atoms with Gasteiger partial charge in [0.15, 0.2) is 0 Å². The van der Waals surface area contributed by atoms with Gasteiger partial charge < -0.3 is 14.9 Å². The van der Waals surface area contributed by atoms with Gasteiger partial charge in [0.25, 0.3) is 0 Å². The van der Waals surface area contributed by atoms with Gasteiger partial charge in [-0.3, -0.25) is 4.79 Å². The molecular weight excluding hydrogens is 448 g/mol. The summed E-state index contributed by atoms with van der Waals surface area (Å²) >= 11 is 0. The van der Waals surface area contributed by atoms with Gasteiger partial charge in [-0.15, -0.1) is 0 Å². The van der Waals surface area contributed by atoms with E-state index in [1.807, 2.05) is 6.92 Å². The van der Waals surface area contributed by atoms with Crippen LogP contribution in [0.2, 0.25) is 0 Å². The second-order valence-corrected chi connectivity index (χ2v) is 15.1. The van der Waals surface area contributed by atoms with Crippen LogP contribution in [-0.2, 0) is 9.53 Å². The van der Waals surface area contributed by atoms with Crippen molar-refractivity contribution in [3.05, 3.63) is 11.6 Å². The molecule has 2 N–H and O–H groups in total. The Labute approximate surface area is 220 Å². The molecule has 4 aliphatic carbocycles. The third kappa shape index (κ3) is 4.12. The van der Waals surface area contributed by atoms with Crippen molar-refractivity contribution in [1.82, 2.24) is 0 Å². The molecule has 0 aromatic heterocycles. The first-order valence-corrected chi connectivity index (χ1v) is 14.7. The average molecular weight is 503 g/mol. The summed E-state index contributed by atoms with van der Waals surface area (Å²) in [5.74, 6) is 1.01. The molecule has 10 atom stereocenters. The van der Waals surface area contributed by atoms with Gasteiger partial charge in [-0.25, -0.2) is 0 Å². The molecule has 0 aliphatic heterocycles. The molecule has 4 saturated carbocycles. The van der Waals surface area contributed by atoms with E-state index in [2.05, 4.69) is 54.5 Å². The van der Waals surface area contributed by atoms with Gasteiger partial charge in [0, 0.05) is 12.8 Å². The van der Waals surface area contributed by atoms with Gasteiger partial charge in [-0.1, -0.05) is 46.3 Å². The molecule has 4 aliphatic rings. The fraction of sp³-hybridized carbons (Fsp3) is 0.906. The van der Waals surface area contributed by atoms with Gasteiger partial charge >= 0.3 is 5.97 Å². The zero-order chi connectivity index (χ0) is 26.9. The minimum Gasteiger partial charge on any atom is -0.462 e. The number of carbonyl (C=O) groups excluding carboxylic acids is 1. The van der Waals surface area contributed by atoms with E-state index < -0.39 is 5.60 Å². The fourth-order valence-corrected chi connectivity index (χ4v) is 10.6. The molecule has 0 unspecified atom stereocenters. The lowest BCUT2D eigenvalue weighted by molar-refractivity contribution is -0.250. The normalized spacial score (nSPS) is 47.1. The standard InChI is InChI=1S/C32H54O4/c1-20(2)11-10-15-32(9,35)22-12-17-31(8)27(22)23(36-21(3)33)19-25-29(6)16-14-26(34)28(4,5)24(29)13-18-30(25,31)7/h11,22-27,34-35H,10,12-19H2,1-9H3/t22-,23+,24-,25+,26+,27-,29-,30+,31+,32-/m0/s1. The van der Waals surface area contributed by atoms with E-state index in [0.717, 1.165) is 57.8 Å². The number of rotatable bonds is 5. The van der Waals surface area contributed by atoms with Crippen molar-refractivity contribution in [2.45, 2.75) is 138 Å². The molecular formula is C32H54O4. The Morgan fingerprint density at radius 1 is 0.972 bits per heavy atom. The minimum atomic E-state index is -0.784. The molecule has 4 fully saturated rings. The Balaban J connectivity index is 1.74. The lowest BCUT2D eigenvalue weighted by atomic mass is 9.35. The van der Waals surface area contributed by atoms with E-state index in [1.165, 1.54) is 5.57 Å². The van der Waals surface area contributed by atoms with Gasteiger partial charge in [0.2, 0.25) is 0 Å². The Kier molecular flexibility index (Phi) is 7.12. The van der Waals surface area contributed by atoms with Gasteiger partial charge in [0.1, 0.15) is 6.10 Å². The van der Waals surface area contributed by atoms with Crippen molar-refractivity contribution in [2.24, 2.45) is 45.3 Å². The van der Waals surface area contributed by atoms with Crippen LogP contribution in [0.15, 0.2) is 11.6 Å². The number of esters is 1. The topological polar surface area (TPSA) is 66.8 Å². The second kappa shape index (κ2) is 9.11. The van der Waals surface area contributed by atoms with Crippen LogP contribution in [0.25, 0.3) is 0 Å². The molecule has 36 heavy (non-hydrogen) atoms. The highest BCUT2D eigenvalue weighted by Crippen LogP contribution is 2.76.